The fraction of sp³-hybridized carbons (Fsp3) is 0.278. The van der Waals surface area contributed by atoms with E-state index in [-0.39, 0.29) is 11.8 Å². The van der Waals surface area contributed by atoms with Crippen molar-refractivity contribution in [2.75, 3.05) is 22.5 Å². The van der Waals surface area contributed by atoms with E-state index in [4.69, 9.17) is 0 Å². The number of nitrogens with zero attached hydrogens (tertiary/aromatic N) is 2. The number of carbonyl (C=O) groups excluding carboxylic acids is 2. The highest BCUT2D eigenvalue weighted by Crippen LogP contribution is 2.23. The quantitative estimate of drug-likeness (QED) is 0.716. The smallest absolute Gasteiger partial charge is 0.227 e. The second kappa shape index (κ2) is 8.49. The zero-order valence-corrected chi connectivity index (χ0v) is 16.0. The fourth-order valence-corrected chi connectivity index (χ4v) is 3.59. The third kappa shape index (κ3) is 5.06. The molecule has 0 saturated carbocycles. The number of aromatic nitrogens is 1. The summed E-state index contributed by atoms with van der Waals surface area (Å²) in [4.78, 5) is 29.8. The van der Waals surface area contributed by atoms with Crippen LogP contribution in [-0.4, -0.2) is 29.1 Å². The normalized spacial score (nSPS) is 14.0. The number of thioether (sulfide) groups is 1. The van der Waals surface area contributed by atoms with Gasteiger partial charge in [0.15, 0.2) is 0 Å². The van der Waals surface area contributed by atoms with Crippen LogP contribution in [0.4, 0.5) is 11.4 Å². The number of amides is 2. The van der Waals surface area contributed by atoms with Crippen LogP contribution in [0.1, 0.15) is 19.3 Å². The molecule has 2 aromatic rings. The Morgan fingerprint density at radius 1 is 1.24 bits per heavy atom. The van der Waals surface area contributed by atoms with Gasteiger partial charge in [0.1, 0.15) is 0 Å². The van der Waals surface area contributed by atoms with Crippen LogP contribution in [-0.2, 0) is 9.59 Å². The van der Waals surface area contributed by atoms with Gasteiger partial charge < -0.3 is 10.2 Å². The van der Waals surface area contributed by atoms with Crippen LogP contribution >= 0.6 is 27.7 Å². The van der Waals surface area contributed by atoms with Crippen LogP contribution < -0.4 is 10.2 Å². The molecule has 1 aliphatic heterocycles. The molecule has 0 atom stereocenters. The molecular weight excluding hydrogens is 402 g/mol. The largest absolute Gasteiger partial charge is 0.326 e. The molecule has 2 amide bonds. The van der Waals surface area contributed by atoms with Crippen LogP contribution in [0, 0.1) is 0 Å². The van der Waals surface area contributed by atoms with Gasteiger partial charge in [-0.3, -0.25) is 9.59 Å². The van der Waals surface area contributed by atoms with Gasteiger partial charge in [0.25, 0.3) is 0 Å². The summed E-state index contributed by atoms with van der Waals surface area (Å²) in [5, 5.41) is 3.78. The molecule has 0 unspecified atom stereocenters. The van der Waals surface area contributed by atoms with Gasteiger partial charge in [0.2, 0.25) is 11.8 Å². The van der Waals surface area contributed by atoms with Crippen molar-refractivity contribution in [3.05, 3.63) is 47.1 Å². The van der Waals surface area contributed by atoms with Gasteiger partial charge in [-0.2, -0.15) is 0 Å². The lowest BCUT2D eigenvalue weighted by atomic mass is 10.2. The molecule has 1 aromatic carbocycles. The first-order chi connectivity index (χ1) is 12.1. The number of carbonyl (C=O) groups is 2. The lowest BCUT2D eigenvalue weighted by molar-refractivity contribution is -0.117. The molecular formula is C18H18BrN3O2S. The maximum absolute atomic E-state index is 12.0. The Morgan fingerprint density at radius 3 is 2.68 bits per heavy atom. The number of nitrogens with one attached hydrogen (secondary N) is 1. The summed E-state index contributed by atoms with van der Waals surface area (Å²) in [6, 6.07) is 11.3. The van der Waals surface area contributed by atoms with Crippen LogP contribution in [0.15, 0.2) is 52.1 Å². The molecule has 1 saturated heterocycles. The predicted octanol–water partition coefficient (Wildman–Crippen LogP) is 4.09. The minimum Gasteiger partial charge on any atom is -0.326 e. The fourth-order valence-electron chi connectivity index (χ4n) is 2.57. The Bertz CT molecular complexity index is 750. The first kappa shape index (κ1) is 17.9. The summed E-state index contributed by atoms with van der Waals surface area (Å²) in [6.45, 7) is 0.770. The van der Waals surface area contributed by atoms with E-state index in [1.165, 1.54) is 0 Å². The van der Waals surface area contributed by atoms with Gasteiger partial charge in [-0.15, -0.1) is 11.8 Å². The molecule has 2 heterocycles. The second-order valence-corrected chi connectivity index (χ2v) is 7.69. The van der Waals surface area contributed by atoms with Gasteiger partial charge in [-0.1, -0.05) is 0 Å². The molecule has 0 aliphatic carbocycles. The Hall–Kier alpha value is -1.86. The van der Waals surface area contributed by atoms with E-state index < -0.39 is 0 Å². The zero-order valence-electron chi connectivity index (χ0n) is 13.6. The summed E-state index contributed by atoms with van der Waals surface area (Å²) >= 11 is 4.90. The Balaban J connectivity index is 1.46. The number of pyridine rings is 1. The summed E-state index contributed by atoms with van der Waals surface area (Å²) in [6.07, 6.45) is 3.68. The summed E-state index contributed by atoms with van der Waals surface area (Å²) in [5.74, 6) is 0.797. The van der Waals surface area contributed by atoms with E-state index in [1.807, 2.05) is 36.4 Å². The van der Waals surface area contributed by atoms with E-state index >= 15 is 0 Å². The molecule has 1 aromatic heterocycles. The van der Waals surface area contributed by atoms with E-state index in [0.717, 1.165) is 33.8 Å². The monoisotopic (exact) mass is 419 g/mol. The average Bonchev–Trinajstić information content (AvgIpc) is 3.03. The minimum absolute atomic E-state index is 0.0328. The molecule has 3 rings (SSSR count). The maximum Gasteiger partial charge on any atom is 0.227 e. The number of halogens is 1. The maximum atomic E-state index is 12.0. The lowest BCUT2D eigenvalue weighted by Crippen LogP contribution is -2.23. The van der Waals surface area contributed by atoms with Gasteiger partial charge in [0.05, 0.1) is 5.03 Å². The van der Waals surface area contributed by atoms with Crippen molar-refractivity contribution in [2.24, 2.45) is 0 Å². The number of hydrogen-bond donors (Lipinski definition) is 1. The number of anilines is 2. The third-order valence-electron chi connectivity index (χ3n) is 3.82. The van der Waals surface area contributed by atoms with Crippen molar-refractivity contribution in [3.63, 3.8) is 0 Å². The van der Waals surface area contributed by atoms with Crippen molar-refractivity contribution in [3.8, 4) is 0 Å². The van der Waals surface area contributed by atoms with Crippen molar-refractivity contribution < 1.29 is 9.59 Å². The van der Waals surface area contributed by atoms with Gasteiger partial charge in [-0.25, -0.2) is 4.98 Å². The van der Waals surface area contributed by atoms with Crippen molar-refractivity contribution in [1.29, 1.82) is 0 Å². The van der Waals surface area contributed by atoms with Crippen molar-refractivity contribution in [2.45, 2.75) is 24.3 Å². The molecule has 5 nitrogen and oxygen atoms in total. The van der Waals surface area contributed by atoms with Gasteiger partial charge >= 0.3 is 0 Å². The van der Waals surface area contributed by atoms with Crippen molar-refractivity contribution >= 4 is 50.9 Å². The first-order valence-corrected chi connectivity index (χ1v) is 9.84. The summed E-state index contributed by atoms with van der Waals surface area (Å²) < 4.78 is 0.939. The highest BCUT2D eigenvalue weighted by atomic mass is 79.9. The molecule has 130 valence electrons. The van der Waals surface area contributed by atoms with Gasteiger partial charge in [0, 0.05) is 47.2 Å². The molecule has 1 aliphatic rings. The van der Waals surface area contributed by atoms with Gasteiger partial charge in [-0.05, 0) is 58.7 Å². The first-order valence-electron chi connectivity index (χ1n) is 8.06. The van der Waals surface area contributed by atoms with E-state index in [9.17, 15) is 9.59 Å². The number of rotatable bonds is 6. The van der Waals surface area contributed by atoms with E-state index in [2.05, 4.69) is 26.2 Å². The Labute approximate surface area is 159 Å². The molecule has 25 heavy (non-hydrogen) atoms. The number of hydrogen-bond acceptors (Lipinski definition) is 4. The summed E-state index contributed by atoms with van der Waals surface area (Å²) in [7, 11) is 0. The highest BCUT2D eigenvalue weighted by molar-refractivity contribution is 9.10. The van der Waals surface area contributed by atoms with Crippen LogP contribution in [0.5, 0.6) is 0 Å². The lowest BCUT2D eigenvalue weighted by Gasteiger charge is -2.16. The topological polar surface area (TPSA) is 62.3 Å². The molecule has 1 fully saturated rings. The van der Waals surface area contributed by atoms with Crippen LogP contribution in [0.25, 0.3) is 0 Å². The SMILES string of the molecule is O=C(CCSc1ccc(Br)cn1)Nc1ccc(N2CCCC2=O)cc1. The van der Waals surface area contributed by atoms with Crippen LogP contribution in [0.3, 0.4) is 0 Å². The van der Waals surface area contributed by atoms with Crippen LogP contribution in [0.2, 0.25) is 0 Å². The standard InChI is InChI=1S/C18H18BrN3O2S/c19-13-3-8-17(20-12-13)25-11-9-16(23)21-14-4-6-15(7-5-14)22-10-1-2-18(22)24/h3-8,12H,1-2,9-11H2,(H,21,23). The summed E-state index contributed by atoms with van der Waals surface area (Å²) in [5.41, 5.74) is 1.63. The van der Waals surface area contributed by atoms with E-state index in [1.54, 1.807) is 22.9 Å². The highest BCUT2D eigenvalue weighted by Gasteiger charge is 2.21. The minimum atomic E-state index is -0.0328. The molecule has 0 spiro atoms. The zero-order chi connectivity index (χ0) is 17.6. The molecule has 7 heteroatoms. The average molecular weight is 420 g/mol. The van der Waals surface area contributed by atoms with Crippen molar-refractivity contribution in [1.82, 2.24) is 4.98 Å². The molecule has 0 bridgehead atoms. The molecule has 0 radical (unpaired) electrons. The Kier molecular flexibility index (Phi) is 6.09. The Morgan fingerprint density at radius 2 is 2.04 bits per heavy atom. The van der Waals surface area contributed by atoms with E-state index in [0.29, 0.717) is 18.6 Å². The third-order valence-corrected chi connectivity index (χ3v) is 5.23. The second-order valence-electron chi connectivity index (χ2n) is 5.66. The number of benzene rings is 1. The molecule has 1 N–H and O–H groups in total. The predicted molar refractivity (Wildman–Crippen MR) is 104 cm³/mol.